The highest BCUT2D eigenvalue weighted by atomic mass is 16.8. The van der Waals surface area contributed by atoms with Crippen LogP contribution in [0.2, 0.25) is 0 Å². The Balaban J connectivity index is 1.77. The van der Waals surface area contributed by atoms with Gasteiger partial charge in [-0.15, -0.1) is 0 Å². The number of aliphatic hydroxyl groups is 5. The molecule has 142 valence electrons. The van der Waals surface area contributed by atoms with Crippen LogP contribution in [-0.4, -0.2) is 82.0 Å². The molecule has 2 fully saturated rings. The van der Waals surface area contributed by atoms with E-state index in [1.54, 1.807) is 0 Å². The van der Waals surface area contributed by atoms with E-state index in [1.165, 1.54) is 6.26 Å². The number of allylic oxidation sites excluding steroid dienone is 1. The Bertz CT molecular complexity index is 508. The Morgan fingerprint density at radius 1 is 1.08 bits per heavy atom. The van der Waals surface area contributed by atoms with E-state index in [1.807, 2.05) is 0 Å². The molecule has 0 aromatic rings. The van der Waals surface area contributed by atoms with Crippen molar-refractivity contribution in [2.45, 2.75) is 49.8 Å². The van der Waals surface area contributed by atoms with Crippen LogP contribution in [0.15, 0.2) is 11.8 Å². The van der Waals surface area contributed by atoms with Gasteiger partial charge in [0.1, 0.15) is 30.7 Å². The minimum atomic E-state index is -1.55. The number of aliphatic hydroxyl groups excluding tert-OH is 5. The molecule has 2 aliphatic heterocycles. The van der Waals surface area contributed by atoms with Gasteiger partial charge in [0.2, 0.25) is 6.29 Å². The molecule has 0 unspecified atom stereocenters. The van der Waals surface area contributed by atoms with Gasteiger partial charge in [-0.05, 0) is 24.7 Å². The summed E-state index contributed by atoms with van der Waals surface area (Å²) in [5, 5.41) is 48.6. The van der Waals surface area contributed by atoms with Crippen molar-refractivity contribution in [3.05, 3.63) is 11.8 Å². The summed E-state index contributed by atoms with van der Waals surface area (Å²) in [5.74, 6) is -0.565. The van der Waals surface area contributed by atoms with Crippen LogP contribution in [0.25, 0.3) is 0 Å². The molecule has 9 atom stereocenters. The molecule has 3 aliphatic rings. The topological polar surface area (TPSA) is 146 Å². The quantitative estimate of drug-likeness (QED) is 0.347. The van der Waals surface area contributed by atoms with Crippen molar-refractivity contribution in [3.63, 3.8) is 0 Å². The molecule has 0 amide bonds. The molecule has 5 N–H and O–H groups in total. The van der Waals surface area contributed by atoms with Crippen molar-refractivity contribution in [2.75, 3.05) is 13.2 Å². The molecule has 0 aromatic carbocycles. The van der Waals surface area contributed by atoms with Gasteiger partial charge in [-0.1, -0.05) is 0 Å². The molecule has 1 aliphatic carbocycles. The summed E-state index contributed by atoms with van der Waals surface area (Å²) in [4.78, 5) is 11.2. The number of rotatable bonds is 5. The number of ether oxygens (including phenoxy) is 3. The van der Waals surface area contributed by atoms with Gasteiger partial charge in [0.05, 0.1) is 12.9 Å². The second-order valence-corrected chi connectivity index (χ2v) is 6.78. The first-order chi connectivity index (χ1) is 12.0. The van der Waals surface area contributed by atoms with Crippen LogP contribution in [0.1, 0.15) is 12.8 Å². The fourth-order valence-corrected chi connectivity index (χ4v) is 3.99. The van der Waals surface area contributed by atoms with Gasteiger partial charge in [-0.25, -0.2) is 0 Å². The van der Waals surface area contributed by atoms with Crippen LogP contribution < -0.4 is 0 Å². The third-order valence-electron chi connectivity index (χ3n) is 5.43. The van der Waals surface area contributed by atoms with Crippen molar-refractivity contribution in [2.24, 2.45) is 17.8 Å². The smallest absolute Gasteiger partial charge is 0.205 e. The normalized spacial score (nSPS) is 46.9. The van der Waals surface area contributed by atoms with Gasteiger partial charge in [-0.2, -0.15) is 0 Å². The maximum Gasteiger partial charge on any atom is 0.205 e. The zero-order chi connectivity index (χ0) is 18.1. The first-order valence-electron chi connectivity index (χ1n) is 8.39. The fraction of sp³-hybridized carbons (Fsp3) is 0.812. The summed E-state index contributed by atoms with van der Waals surface area (Å²) in [7, 11) is 0. The lowest BCUT2D eigenvalue weighted by Gasteiger charge is -2.43. The number of carbonyl (C=O) groups is 1. The number of fused-ring (bicyclic) bond motifs is 1. The molecular formula is C16H24O9. The molecule has 1 saturated heterocycles. The second kappa shape index (κ2) is 7.67. The molecular weight excluding hydrogens is 336 g/mol. The average molecular weight is 360 g/mol. The second-order valence-electron chi connectivity index (χ2n) is 6.78. The number of carbonyl (C=O) groups excluding carboxylic acids is 1. The first kappa shape index (κ1) is 18.7. The van der Waals surface area contributed by atoms with E-state index in [0.717, 1.165) is 6.29 Å². The van der Waals surface area contributed by atoms with E-state index < -0.39 is 43.6 Å². The lowest BCUT2D eigenvalue weighted by molar-refractivity contribution is -0.342. The van der Waals surface area contributed by atoms with Gasteiger partial charge in [0.15, 0.2) is 6.29 Å². The molecule has 9 heteroatoms. The zero-order valence-electron chi connectivity index (χ0n) is 13.5. The lowest BCUT2D eigenvalue weighted by Crippen LogP contribution is -2.60. The van der Waals surface area contributed by atoms with E-state index in [4.69, 9.17) is 14.2 Å². The van der Waals surface area contributed by atoms with E-state index in [2.05, 4.69) is 0 Å². The van der Waals surface area contributed by atoms with Crippen molar-refractivity contribution in [3.8, 4) is 0 Å². The average Bonchev–Trinajstić information content (AvgIpc) is 3.07. The van der Waals surface area contributed by atoms with E-state index in [9.17, 15) is 30.3 Å². The third kappa shape index (κ3) is 3.33. The molecule has 0 spiro atoms. The number of hydrogen-bond acceptors (Lipinski definition) is 9. The van der Waals surface area contributed by atoms with Crippen LogP contribution in [-0.2, 0) is 19.0 Å². The minimum absolute atomic E-state index is 0.0921. The minimum Gasteiger partial charge on any atom is -0.472 e. The first-order valence-corrected chi connectivity index (χ1v) is 8.39. The summed E-state index contributed by atoms with van der Waals surface area (Å²) in [6.07, 6.45) is -4.42. The fourth-order valence-electron chi connectivity index (χ4n) is 3.99. The molecule has 2 heterocycles. The van der Waals surface area contributed by atoms with Crippen LogP contribution in [0, 0.1) is 17.8 Å². The van der Waals surface area contributed by atoms with Crippen molar-refractivity contribution < 1.29 is 44.5 Å². The Hall–Kier alpha value is -1.07. The zero-order valence-corrected chi connectivity index (χ0v) is 13.5. The summed E-state index contributed by atoms with van der Waals surface area (Å²) >= 11 is 0. The Kier molecular flexibility index (Phi) is 5.74. The molecule has 3 rings (SSSR count). The van der Waals surface area contributed by atoms with Crippen molar-refractivity contribution in [1.29, 1.82) is 0 Å². The highest BCUT2D eigenvalue weighted by molar-refractivity contribution is 5.74. The van der Waals surface area contributed by atoms with Crippen LogP contribution >= 0.6 is 0 Å². The predicted molar refractivity (Wildman–Crippen MR) is 80.7 cm³/mol. The van der Waals surface area contributed by atoms with Gasteiger partial charge < -0.3 is 39.7 Å². The predicted octanol–water partition coefficient (Wildman–Crippen LogP) is -2.12. The highest BCUT2D eigenvalue weighted by Gasteiger charge is 2.50. The van der Waals surface area contributed by atoms with E-state index >= 15 is 0 Å². The summed E-state index contributed by atoms with van der Waals surface area (Å²) in [5.41, 5.74) is 0.495. The van der Waals surface area contributed by atoms with E-state index in [-0.39, 0.29) is 24.4 Å². The SMILES string of the molecule is O=CC1=CO[C@@H](O[C@H]2O[C@@H](CO)[C@H](O)[C@@H](O)[C@@H]2O)[C@@H]2[C@@H](CO)CC[C@H]12. The van der Waals surface area contributed by atoms with Gasteiger partial charge in [0, 0.05) is 18.1 Å². The Labute approximate surface area is 144 Å². The van der Waals surface area contributed by atoms with Gasteiger partial charge in [-0.3, -0.25) is 4.79 Å². The lowest BCUT2D eigenvalue weighted by atomic mass is 9.83. The third-order valence-corrected chi connectivity index (χ3v) is 5.43. The number of hydrogen-bond donors (Lipinski definition) is 5. The number of aldehydes is 1. The molecule has 0 aromatic heterocycles. The monoisotopic (exact) mass is 360 g/mol. The Morgan fingerprint density at radius 2 is 1.84 bits per heavy atom. The Morgan fingerprint density at radius 3 is 2.48 bits per heavy atom. The van der Waals surface area contributed by atoms with Crippen LogP contribution in [0.5, 0.6) is 0 Å². The maximum absolute atomic E-state index is 11.2. The van der Waals surface area contributed by atoms with Crippen LogP contribution in [0.4, 0.5) is 0 Å². The van der Waals surface area contributed by atoms with Crippen molar-refractivity contribution in [1.82, 2.24) is 0 Å². The highest BCUT2D eigenvalue weighted by Crippen LogP contribution is 2.46. The van der Waals surface area contributed by atoms with E-state index in [0.29, 0.717) is 18.4 Å². The van der Waals surface area contributed by atoms with Gasteiger partial charge >= 0.3 is 0 Å². The van der Waals surface area contributed by atoms with Crippen LogP contribution in [0.3, 0.4) is 0 Å². The molecule has 25 heavy (non-hydrogen) atoms. The standard InChI is InChI=1S/C16H24O9/c17-3-7-1-2-9-8(4-18)6-23-15(11(7)9)25-16-14(22)13(21)12(20)10(5-19)24-16/h4,6-7,9-17,19-22H,1-3,5H2/t7-,9-,10+,11-,12+,13-,14+,15+,16-/m1/s1. The maximum atomic E-state index is 11.2. The molecule has 1 saturated carbocycles. The molecule has 0 radical (unpaired) electrons. The molecule has 9 nitrogen and oxygen atoms in total. The molecule has 0 bridgehead atoms. The van der Waals surface area contributed by atoms with Crippen molar-refractivity contribution >= 4 is 6.29 Å². The summed E-state index contributed by atoms with van der Waals surface area (Å²) in [6.45, 7) is -0.651. The summed E-state index contributed by atoms with van der Waals surface area (Å²) in [6, 6.07) is 0. The van der Waals surface area contributed by atoms with Gasteiger partial charge in [0.25, 0.3) is 0 Å². The summed E-state index contributed by atoms with van der Waals surface area (Å²) < 4.78 is 16.5. The largest absolute Gasteiger partial charge is 0.472 e.